The van der Waals surface area contributed by atoms with Gasteiger partial charge in [-0.05, 0) is 25.8 Å². The second kappa shape index (κ2) is 6.14. The van der Waals surface area contributed by atoms with E-state index in [-0.39, 0.29) is 23.5 Å². The van der Waals surface area contributed by atoms with Crippen LogP contribution in [0.25, 0.3) is 0 Å². The predicted octanol–water partition coefficient (Wildman–Crippen LogP) is 2.26. The molecule has 0 aliphatic carbocycles. The van der Waals surface area contributed by atoms with Crippen LogP contribution < -0.4 is 4.72 Å². The van der Waals surface area contributed by atoms with Gasteiger partial charge in [0.1, 0.15) is 0 Å². The lowest BCUT2D eigenvalue weighted by molar-refractivity contribution is 0.285. The third-order valence-corrected chi connectivity index (χ3v) is 6.06. The van der Waals surface area contributed by atoms with Gasteiger partial charge in [0.25, 0.3) is 0 Å². The first-order chi connectivity index (χ1) is 8.31. The Bertz CT molecular complexity index is 493. The molecule has 0 aliphatic heterocycles. The molecule has 6 heteroatoms. The standard InChI is InChI=1S/C12H21NO3S2/c1-5-8(2)9(3)13-18(15,16)12-6-11(7-14)17-10(12)4/h6,8-9,13-14H,5,7H2,1-4H3. The van der Waals surface area contributed by atoms with Crippen LogP contribution >= 0.6 is 11.3 Å². The minimum absolute atomic E-state index is 0.100. The molecule has 2 unspecified atom stereocenters. The largest absolute Gasteiger partial charge is 0.391 e. The van der Waals surface area contributed by atoms with Crippen molar-refractivity contribution in [3.63, 3.8) is 0 Å². The maximum atomic E-state index is 12.2. The van der Waals surface area contributed by atoms with Gasteiger partial charge < -0.3 is 5.11 Å². The topological polar surface area (TPSA) is 66.4 Å². The number of aliphatic hydroxyl groups is 1. The maximum absolute atomic E-state index is 12.2. The summed E-state index contributed by atoms with van der Waals surface area (Å²) in [6.45, 7) is 7.57. The normalized spacial score (nSPS) is 15.6. The monoisotopic (exact) mass is 291 g/mol. The number of aliphatic hydroxyl groups excluding tert-OH is 1. The minimum Gasteiger partial charge on any atom is -0.391 e. The molecule has 0 aliphatic rings. The van der Waals surface area contributed by atoms with Gasteiger partial charge in [0.15, 0.2) is 0 Å². The van der Waals surface area contributed by atoms with E-state index in [1.165, 1.54) is 11.3 Å². The molecule has 104 valence electrons. The Morgan fingerprint density at radius 1 is 1.44 bits per heavy atom. The number of rotatable bonds is 6. The van der Waals surface area contributed by atoms with Crippen molar-refractivity contribution in [3.05, 3.63) is 15.8 Å². The Hall–Kier alpha value is -0.430. The van der Waals surface area contributed by atoms with E-state index in [4.69, 9.17) is 5.11 Å². The quantitative estimate of drug-likeness (QED) is 0.845. The second-order valence-corrected chi connectivity index (χ2v) is 7.61. The molecule has 1 aromatic rings. The molecule has 4 nitrogen and oxygen atoms in total. The van der Waals surface area contributed by atoms with Gasteiger partial charge in [-0.3, -0.25) is 0 Å². The van der Waals surface area contributed by atoms with Crippen molar-refractivity contribution in [2.24, 2.45) is 5.92 Å². The molecule has 0 aromatic carbocycles. The van der Waals surface area contributed by atoms with Gasteiger partial charge in [-0.2, -0.15) is 0 Å². The third kappa shape index (κ3) is 3.54. The molecule has 2 N–H and O–H groups in total. The molecular weight excluding hydrogens is 270 g/mol. The molecule has 0 amide bonds. The fourth-order valence-electron chi connectivity index (χ4n) is 1.65. The summed E-state index contributed by atoms with van der Waals surface area (Å²) in [6, 6.07) is 1.45. The summed E-state index contributed by atoms with van der Waals surface area (Å²) in [4.78, 5) is 1.67. The van der Waals surface area contributed by atoms with Crippen LogP contribution in [0, 0.1) is 12.8 Å². The molecule has 0 saturated carbocycles. The molecule has 18 heavy (non-hydrogen) atoms. The third-order valence-electron chi connectivity index (χ3n) is 3.21. The molecule has 2 atom stereocenters. The van der Waals surface area contributed by atoms with Crippen LogP contribution in [0.5, 0.6) is 0 Å². The van der Waals surface area contributed by atoms with Gasteiger partial charge in [-0.15, -0.1) is 11.3 Å². The van der Waals surface area contributed by atoms with Crippen LogP contribution in [0.2, 0.25) is 0 Å². The van der Waals surface area contributed by atoms with Crippen molar-refractivity contribution in [3.8, 4) is 0 Å². The van der Waals surface area contributed by atoms with Crippen molar-refractivity contribution in [1.29, 1.82) is 0 Å². The summed E-state index contributed by atoms with van der Waals surface area (Å²) in [5, 5.41) is 9.04. The van der Waals surface area contributed by atoms with E-state index < -0.39 is 10.0 Å². The summed E-state index contributed by atoms with van der Waals surface area (Å²) in [5.74, 6) is 0.288. The average molecular weight is 291 g/mol. The van der Waals surface area contributed by atoms with Gasteiger partial charge in [0, 0.05) is 15.8 Å². The molecular formula is C12H21NO3S2. The van der Waals surface area contributed by atoms with E-state index in [2.05, 4.69) is 4.72 Å². The van der Waals surface area contributed by atoms with Gasteiger partial charge in [-0.1, -0.05) is 20.3 Å². The molecule has 1 aromatic heterocycles. The highest BCUT2D eigenvalue weighted by Gasteiger charge is 2.23. The lowest BCUT2D eigenvalue weighted by atomic mass is 10.0. The smallest absolute Gasteiger partial charge is 0.241 e. The summed E-state index contributed by atoms with van der Waals surface area (Å²) in [5.41, 5.74) is 0. The van der Waals surface area contributed by atoms with Crippen molar-refractivity contribution in [2.75, 3.05) is 0 Å². The van der Waals surface area contributed by atoms with Crippen LogP contribution in [0.1, 0.15) is 36.9 Å². The predicted molar refractivity (Wildman–Crippen MR) is 74.2 cm³/mol. The maximum Gasteiger partial charge on any atom is 0.241 e. The van der Waals surface area contributed by atoms with E-state index >= 15 is 0 Å². The number of hydrogen-bond donors (Lipinski definition) is 2. The highest BCUT2D eigenvalue weighted by Crippen LogP contribution is 2.26. The number of sulfonamides is 1. The molecule has 0 radical (unpaired) electrons. The number of thiophene rings is 1. The molecule has 1 rings (SSSR count). The first-order valence-electron chi connectivity index (χ1n) is 6.04. The van der Waals surface area contributed by atoms with Crippen LogP contribution in [0.3, 0.4) is 0 Å². The van der Waals surface area contributed by atoms with E-state index in [0.717, 1.165) is 6.42 Å². The summed E-state index contributed by atoms with van der Waals surface area (Å²) in [7, 11) is -3.49. The van der Waals surface area contributed by atoms with E-state index in [0.29, 0.717) is 9.75 Å². The Labute approximate surface area is 113 Å². The lowest BCUT2D eigenvalue weighted by Gasteiger charge is -2.19. The second-order valence-electron chi connectivity index (χ2n) is 4.59. The summed E-state index contributed by atoms with van der Waals surface area (Å²) >= 11 is 1.31. The number of hydrogen-bond acceptors (Lipinski definition) is 4. The Morgan fingerprint density at radius 2 is 2.06 bits per heavy atom. The molecule has 1 heterocycles. The molecule has 0 saturated heterocycles. The minimum atomic E-state index is -3.49. The van der Waals surface area contributed by atoms with Gasteiger partial charge >= 0.3 is 0 Å². The molecule has 0 fully saturated rings. The highest BCUT2D eigenvalue weighted by molar-refractivity contribution is 7.89. The Morgan fingerprint density at radius 3 is 2.50 bits per heavy atom. The Balaban J connectivity index is 2.96. The molecule has 0 spiro atoms. The zero-order valence-electron chi connectivity index (χ0n) is 11.2. The van der Waals surface area contributed by atoms with Crippen molar-refractivity contribution < 1.29 is 13.5 Å². The van der Waals surface area contributed by atoms with Crippen molar-refractivity contribution in [2.45, 2.75) is 51.7 Å². The summed E-state index contributed by atoms with van der Waals surface area (Å²) in [6.07, 6.45) is 0.925. The zero-order chi connectivity index (χ0) is 13.9. The molecule has 0 bridgehead atoms. The van der Waals surface area contributed by atoms with Crippen LogP contribution in [0.15, 0.2) is 11.0 Å². The average Bonchev–Trinajstić information content (AvgIpc) is 2.69. The first-order valence-corrected chi connectivity index (χ1v) is 8.34. The fourth-order valence-corrected chi connectivity index (χ4v) is 4.49. The van der Waals surface area contributed by atoms with E-state index in [1.807, 2.05) is 20.8 Å². The number of nitrogens with one attached hydrogen (secondary N) is 1. The van der Waals surface area contributed by atoms with E-state index in [1.54, 1.807) is 13.0 Å². The Kier molecular flexibility index (Phi) is 5.33. The lowest BCUT2D eigenvalue weighted by Crippen LogP contribution is -2.36. The fraction of sp³-hybridized carbons (Fsp3) is 0.667. The zero-order valence-corrected chi connectivity index (χ0v) is 12.9. The van der Waals surface area contributed by atoms with Crippen LogP contribution in [-0.2, 0) is 16.6 Å². The van der Waals surface area contributed by atoms with Crippen LogP contribution in [-0.4, -0.2) is 19.6 Å². The van der Waals surface area contributed by atoms with Gasteiger partial charge in [0.05, 0.1) is 11.5 Å². The van der Waals surface area contributed by atoms with Gasteiger partial charge in [-0.25, -0.2) is 13.1 Å². The highest BCUT2D eigenvalue weighted by atomic mass is 32.2. The van der Waals surface area contributed by atoms with Crippen molar-refractivity contribution >= 4 is 21.4 Å². The summed E-state index contributed by atoms with van der Waals surface area (Å²) < 4.78 is 27.2. The van der Waals surface area contributed by atoms with E-state index in [9.17, 15) is 8.42 Å². The number of aryl methyl sites for hydroxylation is 1. The SMILES string of the molecule is CCC(C)C(C)NS(=O)(=O)c1cc(CO)sc1C. The van der Waals surface area contributed by atoms with Gasteiger partial charge in [0.2, 0.25) is 10.0 Å². The first kappa shape index (κ1) is 15.6. The van der Waals surface area contributed by atoms with Crippen LogP contribution in [0.4, 0.5) is 0 Å². The van der Waals surface area contributed by atoms with Crippen molar-refractivity contribution in [1.82, 2.24) is 4.72 Å².